The zero-order valence-electron chi connectivity index (χ0n) is 23.2. The van der Waals surface area contributed by atoms with Crippen LogP contribution in [0, 0.1) is 0 Å². The fourth-order valence-corrected chi connectivity index (χ4v) is 2.60. The number of rotatable bonds is 8. The molecule has 0 spiro atoms. The minimum atomic E-state index is -0.552. The van der Waals surface area contributed by atoms with Gasteiger partial charge in [0.25, 0.3) is 0 Å². The van der Waals surface area contributed by atoms with Gasteiger partial charge in [-0.25, -0.2) is 0 Å². The van der Waals surface area contributed by atoms with E-state index in [0.29, 0.717) is 13.1 Å². The van der Waals surface area contributed by atoms with E-state index < -0.39 is 11.2 Å². The molecule has 0 saturated carbocycles. The van der Waals surface area contributed by atoms with Crippen LogP contribution in [0.3, 0.4) is 0 Å². The van der Waals surface area contributed by atoms with Gasteiger partial charge in [0.2, 0.25) is 0 Å². The van der Waals surface area contributed by atoms with E-state index in [2.05, 4.69) is 0 Å². The molecule has 0 aliphatic carbocycles. The maximum absolute atomic E-state index is 9.15. The van der Waals surface area contributed by atoms with Gasteiger partial charge < -0.3 is 40.0 Å². The molecule has 0 aromatic heterocycles. The molecule has 0 amide bonds. The molecule has 208 valence electrons. The average molecular weight is 558 g/mol. The van der Waals surface area contributed by atoms with Gasteiger partial charge in [-0.1, -0.05) is 0 Å². The van der Waals surface area contributed by atoms with Gasteiger partial charge >= 0.3 is 0 Å². The monoisotopic (exact) mass is 556 g/mol. The van der Waals surface area contributed by atoms with Crippen molar-refractivity contribution in [3.05, 3.63) is 0 Å². The van der Waals surface area contributed by atoms with Gasteiger partial charge in [-0.2, -0.15) is 0 Å². The predicted octanol–water partition coefficient (Wildman–Crippen LogP) is 0.490. The Morgan fingerprint density at radius 3 is 0.719 bits per heavy atom. The van der Waals surface area contributed by atoms with Crippen LogP contribution in [0.25, 0.3) is 0 Å². The maximum atomic E-state index is 9.15. The van der Waals surface area contributed by atoms with Crippen molar-refractivity contribution in [2.24, 2.45) is 0 Å². The van der Waals surface area contributed by atoms with Crippen molar-refractivity contribution in [2.45, 2.75) is 65.0 Å². The van der Waals surface area contributed by atoms with Crippen molar-refractivity contribution in [1.82, 2.24) is 19.6 Å². The number of nitrogens with zero attached hydrogens (tertiary/aromatic N) is 4. The van der Waals surface area contributed by atoms with E-state index in [0.717, 1.165) is 13.1 Å². The Bertz CT molecular complexity index is 313. The van der Waals surface area contributed by atoms with E-state index in [-0.39, 0.29) is 45.2 Å². The quantitative estimate of drug-likeness (QED) is 0.321. The Morgan fingerprint density at radius 1 is 0.531 bits per heavy atom. The normalized spacial score (nSPS) is 12.9. The van der Waals surface area contributed by atoms with Crippen LogP contribution < -0.4 is 0 Å². The summed E-state index contributed by atoms with van der Waals surface area (Å²) in [7, 11) is 15.5. The van der Waals surface area contributed by atoms with Gasteiger partial charge in [0.15, 0.2) is 0 Å². The van der Waals surface area contributed by atoms with Crippen LogP contribution in [0.5, 0.6) is 0 Å². The fraction of sp³-hybridized carbons (Fsp3) is 1.00. The molecule has 2 atom stereocenters. The molecule has 0 aromatic rings. The number of aliphatic hydroxyl groups is 4. The molecule has 8 nitrogen and oxygen atoms in total. The summed E-state index contributed by atoms with van der Waals surface area (Å²) in [6.45, 7) is 13.7. The number of likely N-dealkylation sites (N-methyl/N-ethyl adjacent to an activating group) is 4. The van der Waals surface area contributed by atoms with E-state index in [4.69, 9.17) is 20.4 Å². The maximum Gasteiger partial charge on any atom is 0.0717 e. The van der Waals surface area contributed by atoms with Gasteiger partial charge in [0.1, 0.15) is 0 Å². The summed E-state index contributed by atoms with van der Waals surface area (Å²) >= 11 is 0. The molecule has 0 aromatic carbocycles. The third-order valence-corrected chi connectivity index (χ3v) is 2.67. The summed E-state index contributed by atoms with van der Waals surface area (Å²) in [5.74, 6) is 0. The number of aliphatic hydroxyl groups excluding tert-OH is 2. The van der Waals surface area contributed by atoms with Crippen molar-refractivity contribution < 1.29 is 53.4 Å². The SMILES string of the molecule is CC(O)CN(C)C.CC(O)CN(C)C.CN(C)CC(C)(C)O.CN(C)CC(C)(C)O.[Ni].[Ni]. The Labute approximate surface area is 220 Å². The van der Waals surface area contributed by atoms with E-state index in [1.165, 1.54) is 0 Å². The van der Waals surface area contributed by atoms with Crippen LogP contribution in [-0.4, -0.2) is 146 Å². The molecule has 10 heteroatoms. The molecular formula is C22H56N4Ni2O4. The fourth-order valence-electron chi connectivity index (χ4n) is 2.60. The average Bonchev–Trinajstić information content (AvgIpc) is 2.29. The van der Waals surface area contributed by atoms with Crippen LogP contribution in [0.4, 0.5) is 0 Å². The van der Waals surface area contributed by atoms with Crippen molar-refractivity contribution in [3.63, 3.8) is 0 Å². The van der Waals surface area contributed by atoms with E-state index in [1.54, 1.807) is 41.5 Å². The molecular weight excluding hydrogens is 502 g/mol. The first-order valence-corrected chi connectivity index (χ1v) is 10.5. The smallest absolute Gasteiger partial charge is 0.0717 e. The Kier molecular flexibility index (Phi) is 35.7. The van der Waals surface area contributed by atoms with Crippen LogP contribution >= 0.6 is 0 Å². The zero-order valence-corrected chi connectivity index (χ0v) is 25.2. The summed E-state index contributed by atoms with van der Waals surface area (Å²) in [6, 6.07) is 0. The second kappa shape index (κ2) is 24.8. The molecule has 2 unspecified atom stereocenters. The van der Waals surface area contributed by atoms with Crippen LogP contribution in [0.2, 0.25) is 0 Å². The molecule has 32 heavy (non-hydrogen) atoms. The van der Waals surface area contributed by atoms with Crippen LogP contribution in [-0.2, 0) is 33.0 Å². The number of hydrogen-bond donors (Lipinski definition) is 4. The largest absolute Gasteiger partial charge is 0.392 e. The summed E-state index contributed by atoms with van der Waals surface area (Å²) in [4.78, 5) is 7.81. The van der Waals surface area contributed by atoms with Gasteiger partial charge in [-0.15, -0.1) is 0 Å². The topological polar surface area (TPSA) is 93.9 Å². The van der Waals surface area contributed by atoms with Crippen LogP contribution in [0.1, 0.15) is 41.5 Å². The van der Waals surface area contributed by atoms with E-state index in [9.17, 15) is 0 Å². The summed E-state index contributed by atoms with van der Waals surface area (Å²) in [6.07, 6.45) is -0.398. The molecule has 0 radical (unpaired) electrons. The molecule has 0 aliphatic rings. The second-order valence-corrected chi connectivity index (χ2v) is 10.3. The Balaban J connectivity index is -0.0000000691. The Morgan fingerprint density at radius 2 is 0.719 bits per heavy atom. The van der Waals surface area contributed by atoms with E-state index >= 15 is 0 Å². The first-order valence-electron chi connectivity index (χ1n) is 10.5. The summed E-state index contributed by atoms with van der Waals surface area (Å²) in [5, 5.41) is 35.7. The first kappa shape index (κ1) is 46.1. The van der Waals surface area contributed by atoms with Crippen molar-refractivity contribution in [1.29, 1.82) is 0 Å². The molecule has 0 heterocycles. The Hall–Kier alpha value is 0.667. The third kappa shape index (κ3) is 77.5. The van der Waals surface area contributed by atoms with Crippen LogP contribution in [0.15, 0.2) is 0 Å². The standard InChI is InChI=1S/2C6H15NO.2C5H13NO.2Ni/c2*1-6(2,8)5-7(3)4;2*1-5(7)4-6(2)3;;/h2*8H,5H2,1-4H3;2*5,7H,4H2,1-3H3;;. The van der Waals surface area contributed by atoms with Crippen molar-refractivity contribution >= 4 is 0 Å². The summed E-state index contributed by atoms with van der Waals surface area (Å²) < 4.78 is 0. The number of hydrogen-bond acceptors (Lipinski definition) is 8. The van der Waals surface area contributed by atoms with Crippen molar-refractivity contribution in [2.75, 3.05) is 82.6 Å². The minimum absolute atomic E-state index is 0. The van der Waals surface area contributed by atoms with E-state index in [1.807, 2.05) is 76.0 Å². The molecule has 4 N–H and O–H groups in total. The first-order chi connectivity index (χ1) is 13.1. The van der Waals surface area contributed by atoms with Gasteiger partial charge in [0.05, 0.1) is 23.4 Å². The van der Waals surface area contributed by atoms with Gasteiger partial charge in [-0.05, 0) is 97.9 Å². The summed E-state index contributed by atoms with van der Waals surface area (Å²) in [5.41, 5.74) is -1.10. The molecule has 0 aliphatic heterocycles. The molecule has 0 fully saturated rings. The second-order valence-electron chi connectivity index (χ2n) is 10.3. The van der Waals surface area contributed by atoms with Crippen molar-refractivity contribution in [3.8, 4) is 0 Å². The zero-order chi connectivity index (χ0) is 25.3. The molecule has 0 bridgehead atoms. The van der Waals surface area contributed by atoms with Gasteiger partial charge in [-0.3, -0.25) is 0 Å². The minimum Gasteiger partial charge on any atom is -0.392 e. The molecule has 0 saturated heterocycles. The third-order valence-electron chi connectivity index (χ3n) is 2.67. The predicted molar refractivity (Wildman–Crippen MR) is 130 cm³/mol. The van der Waals surface area contributed by atoms with Gasteiger partial charge in [0, 0.05) is 59.2 Å². The molecule has 0 rings (SSSR count).